The van der Waals surface area contributed by atoms with E-state index in [2.05, 4.69) is 15.3 Å². The second kappa shape index (κ2) is 8.21. The Labute approximate surface area is 152 Å². The molecule has 1 unspecified atom stereocenters. The van der Waals surface area contributed by atoms with Crippen LogP contribution < -0.4 is 5.32 Å². The number of amides is 1. The van der Waals surface area contributed by atoms with Crippen LogP contribution in [0.15, 0.2) is 24.3 Å². The number of aromatic nitrogens is 2. The number of methoxy groups -OCH3 is 1. The van der Waals surface area contributed by atoms with Gasteiger partial charge in [0.05, 0.1) is 5.56 Å². The molecule has 146 valence electrons. The van der Waals surface area contributed by atoms with E-state index in [0.29, 0.717) is 5.69 Å². The summed E-state index contributed by atoms with van der Waals surface area (Å²) in [6.07, 6.45) is -4.45. The Balaban J connectivity index is 2.25. The van der Waals surface area contributed by atoms with Crippen LogP contribution in [0.25, 0.3) is 11.4 Å². The number of nitrogens with zero attached hydrogens (tertiary/aromatic N) is 1. The summed E-state index contributed by atoms with van der Waals surface area (Å²) in [5, 5.41) is 11.5. The van der Waals surface area contributed by atoms with Gasteiger partial charge in [0.1, 0.15) is 17.6 Å². The van der Waals surface area contributed by atoms with E-state index in [0.717, 1.165) is 12.1 Å². The van der Waals surface area contributed by atoms with Crippen LogP contribution in [0.5, 0.6) is 0 Å². The number of hydrogen-bond acceptors (Lipinski definition) is 4. The first-order valence-corrected chi connectivity index (χ1v) is 7.90. The third-order valence-electron chi connectivity index (χ3n) is 3.78. The number of nitrogens with one attached hydrogen (secondary N) is 2. The van der Waals surface area contributed by atoms with Crippen LogP contribution in [0.1, 0.15) is 28.2 Å². The molecule has 2 aromatic rings. The number of rotatable bonds is 7. The zero-order chi connectivity index (χ0) is 20.2. The van der Waals surface area contributed by atoms with Gasteiger partial charge in [-0.3, -0.25) is 4.79 Å². The number of alkyl halides is 3. The van der Waals surface area contributed by atoms with Crippen LogP contribution in [0.4, 0.5) is 13.2 Å². The standard InChI is InChI=1S/C17H18F3N3O4/c1-9-13(15(24)22-12(16(25)26)6-7-27-2)23-14(21-9)10-4-3-5-11(8-10)17(18,19)20/h3-5,8,12H,6-7H2,1-2H3,(H,21,23)(H,22,24)(H,25,26). The lowest BCUT2D eigenvalue weighted by molar-refractivity contribution is -0.140. The fraction of sp³-hybridized carbons (Fsp3) is 0.353. The molecule has 0 spiro atoms. The summed E-state index contributed by atoms with van der Waals surface area (Å²) < 4.78 is 43.4. The zero-order valence-electron chi connectivity index (χ0n) is 14.6. The summed E-state index contributed by atoms with van der Waals surface area (Å²) in [6.45, 7) is 1.65. The van der Waals surface area contributed by atoms with E-state index in [9.17, 15) is 22.8 Å². The quantitative estimate of drug-likeness (QED) is 0.680. The molecule has 7 nitrogen and oxygen atoms in total. The number of carbonyl (C=O) groups is 2. The summed E-state index contributed by atoms with van der Waals surface area (Å²) in [6, 6.07) is 3.33. The molecule has 3 N–H and O–H groups in total. The Hall–Kier alpha value is -2.88. The number of hydrogen-bond donors (Lipinski definition) is 3. The van der Waals surface area contributed by atoms with Crippen LogP contribution >= 0.6 is 0 Å². The predicted octanol–water partition coefficient (Wildman–Crippen LogP) is 2.62. The number of halogens is 3. The largest absolute Gasteiger partial charge is 0.480 e. The van der Waals surface area contributed by atoms with Crippen LogP contribution in [0, 0.1) is 6.92 Å². The maximum Gasteiger partial charge on any atom is 0.416 e. The Kier molecular flexibility index (Phi) is 6.21. The van der Waals surface area contributed by atoms with Crippen molar-refractivity contribution in [2.75, 3.05) is 13.7 Å². The highest BCUT2D eigenvalue weighted by atomic mass is 19.4. The van der Waals surface area contributed by atoms with Crippen molar-refractivity contribution in [1.29, 1.82) is 0 Å². The van der Waals surface area contributed by atoms with Gasteiger partial charge in [-0.25, -0.2) is 9.78 Å². The molecule has 1 aromatic carbocycles. The van der Waals surface area contributed by atoms with Crippen molar-refractivity contribution >= 4 is 11.9 Å². The highest BCUT2D eigenvalue weighted by molar-refractivity contribution is 5.96. The average molecular weight is 385 g/mol. The molecule has 0 aliphatic rings. The van der Waals surface area contributed by atoms with Gasteiger partial charge in [-0.15, -0.1) is 0 Å². The molecule has 1 atom stereocenters. The second-order valence-electron chi connectivity index (χ2n) is 5.78. The maximum absolute atomic E-state index is 12.9. The smallest absolute Gasteiger partial charge is 0.416 e. The van der Waals surface area contributed by atoms with E-state index >= 15 is 0 Å². The van der Waals surface area contributed by atoms with Crippen molar-refractivity contribution in [3.63, 3.8) is 0 Å². The SMILES string of the molecule is COCCC(NC(=O)c1nc(-c2cccc(C(F)(F)F)c2)[nH]c1C)C(=O)O. The maximum atomic E-state index is 12.9. The first-order chi connectivity index (χ1) is 12.6. The Bertz CT molecular complexity index is 833. The van der Waals surface area contributed by atoms with Crippen molar-refractivity contribution in [3.8, 4) is 11.4 Å². The van der Waals surface area contributed by atoms with Crippen LogP contribution in [0.3, 0.4) is 0 Å². The second-order valence-corrected chi connectivity index (χ2v) is 5.78. The van der Waals surface area contributed by atoms with Gasteiger partial charge >= 0.3 is 12.1 Å². The fourth-order valence-corrected chi connectivity index (χ4v) is 2.38. The first kappa shape index (κ1) is 20.4. The molecule has 0 fully saturated rings. The van der Waals surface area contributed by atoms with Gasteiger partial charge in [-0.1, -0.05) is 12.1 Å². The normalized spacial score (nSPS) is 12.6. The van der Waals surface area contributed by atoms with Crippen molar-refractivity contribution in [3.05, 3.63) is 41.2 Å². The van der Waals surface area contributed by atoms with Crippen LogP contribution in [-0.4, -0.2) is 46.7 Å². The summed E-state index contributed by atoms with van der Waals surface area (Å²) in [4.78, 5) is 30.3. The molecule has 0 aliphatic heterocycles. The van der Waals surface area contributed by atoms with Gasteiger partial charge in [-0.2, -0.15) is 13.2 Å². The van der Waals surface area contributed by atoms with Crippen molar-refractivity contribution < 1.29 is 32.6 Å². The molecule has 2 rings (SSSR count). The third-order valence-corrected chi connectivity index (χ3v) is 3.78. The lowest BCUT2D eigenvalue weighted by Crippen LogP contribution is -2.41. The van der Waals surface area contributed by atoms with E-state index in [1.54, 1.807) is 0 Å². The molecule has 0 saturated carbocycles. The highest BCUT2D eigenvalue weighted by Gasteiger charge is 2.31. The summed E-state index contributed by atoms with van der Waals surface area (Å²) in [7, 11) is 1.40. The number of imidazole rings is 1. The molecule has 1 aromatic heterocycles. The zero-order valence-corrected chi connectivity index (χ0v) is 14.6. The van der Waals surface area contributed by atoms with Gasteiger partial charge in [0, 0.05) is 31.4 Å². The van der Waals surface area contributed by atoms with Gasteiger partial charge in [0.15, 0.2) is 0 Å². The van der Waals surface area contributed by atoms with E-state index < -0.39 is 29.7 Å². The average Bonchev–Trinajstić information content (AvgIpc) is 2.99. The summed E-state index contributed by atoms with van der Waals surface area (Å²) in [5.74, 6) is -1.90. The number of benzene rings is 1. The number of aryl methyl sites for hydroxylation is 1. The molecule has 27 heavy (non-hydrogen) atoms. The molecule has 0 radical (unpaired) electrons. The fourth-order valence-electron chi connectivity index (χ4n) is 2.38. The number of aliphatic carboxylic acids is 1. The summed E-state index contributed by atoms with van der Waals surface area (Å²) in [5.41, 5.74) is -0.478. The molecule has 0 aliphatic carbocycles. The number of ether oxygens (including phenoxy) is 1. The molecule has 1 amide bonds. The van der Waals surface area contributed by atoms with Crippen molar-refractivity contribution in [2.45, 2.75) is 25.6 Å². The minimum atomic E-state index is -4.51. The molecule has 0 saturated heterocycles. The van der Waals surface area contributed by atoms with Crippen molar-refractivity contribution in [2.24, 2.45) is 0 Å². The number of aromatic amines is 1. The minimum Gasteiger partial charge on any atom is -0.480 e. The lowest BCUT2D eigenvalue weighted by atomic mass is 10.1. The monoisotopic (exact) mass is 385 g/mol. The Morgan fingerprint density at radius 3 is 2.67 bits per heavy atom. The van der Waals surface area contributed by atoms with E-state index in [1.165, 1.54) is 26.2 Å². The molecular weight excluding hydrogens is 367 g/mol. The predicted molar refractivity (Wildman–Crippen MR) is 89.1 cm³/mol. The first-order valence-electron chi connectivity index (χ1n) is 7.90. The van der Waals surface area contributed by atoms with Gasteiger partial charge < -0.3 is 20.1 Å². The number of carbonyl (C=O) groups excluding carboxylic acids is 1. The highest BCUT2D eigenvalue weighted by Crippen LogP contribution is 2.31. The van der Waals surface area contributed by atoms with Crippen LogP contribution in [-0.2, 0) is 15.7 Å². The topological polar surface area (TPSA) is 104 Å². The number of H-pyrrole nitrogens is 1. The van der Waals surface area contributed by atoms with E-state index in [-0.39, 0.29) is 30.1 Å². The Morgan fingerprint density at radius 1 is 1.37 bits per heavy atom. The summed E-state index contributed by atoms with van der Waals surface area (Å²) >= 11 is 0. The van der Waals surface area contributed by atoms with Crippen molar-refractivity contribution in [1.82, 2.24) is 15.3 Å². The third kappa shape index (κ3) is 5.07. The van der Waals surface area contributed by atoms with Gasteiger partial charge in [-0.05, 0) is 19.1 Å². The van der Waals surface area contributed by atoms with Crippen LogP contribution in [0.2, 0.25) is 0 Å². The van der Waals surface area contributed by atoms with Gasteiger partial charge in [0.2, 0.25) is 0 Å². The number of carboxylic acid groups (broad SMARTS) is 1. The minimum absolute atomic E-state index is 0.0571. The molecule has 1 heterocycles. The van der Waals surface area contributed by atoms with E-state index in [4.69, 9.17) is 9.84 Å². The molecule has 0 bridgehead atoms. The Morgan fingerprint density at radius 2 is 2.07 bits per heavy atom. The van der Waals surface area contributed by atoms with E-state index in [1.807, 2.05) is 0 Å². The van der Waals surface area contributed by atoms with Gasteiger partial charge in [0.25, 0.3) is 5.91 Å². The molecular formula is C17H18F3N3O4. The lowest BCUT2D eigenvalue weighted by Gasteiger charge is -2.13. The number of carboxylic acids is 1. The molecule has 10 heteroatoms.